The maximum absolute atomic E-state index is 12.9. The number of imidazole rings is 1. The molecule has 2 aromatic rings. The Morgan fingerprint density at radius 1 is 1.29 bits per heavy atom. The van der Waals surface area contributed by atoms with E-state index in [2.05, 4.69) is 10.3 Å². The number of hydrogen-bond acceptors (Lipinski definition) is 2. The zero-order valence-corrected chi connectivity index (χ0v) is 9.44. The van der Waals surface area contributed by atoms with E-state index >= 15 is 0 Å². The van der Waals surface area contributed by atoms with Gasteiger partial charge < -0.3 is 9.88 Å². The van der Waals surface area contributed by atoms with Crippen molar-refractivity contribution in [3.63, 3.8) is 0 Å². The summed E-state index contributed by atoms with van der Waals surface area (Å²) in [7, 11) is 0. The van der Waals surface area contributed by atoms with Crippen LogP contribution < -0.4 is 5.32 Å². The predicted molar refractivity (Wildman–Crippen MR) is 63.5 cm³/mol. The van der Waals surface area contributed by atoms with Crippen molar-refractivity contribution in [1.29, 1.82) is 0 Å². The molecule has 1 N–H and O–H groups in total. The van der Waals surface area contributed by atoms with Crippen LogP contribution in [0.3, 0.4) is 0 Å². The third-order valence-corrected chi connectivity index (χ3v) is 3.19. The fourth-order valence-corrected chi connectivity index (χ4v) is 2.32. The number of halogens is 1. The summed E-state index contributed by atoms with van der Waals surface area (Å²) in [5.74, 6) is -0.214. The first kappa shape index (κ1) is 10.5. The van der Waals surface area contributed by atoms with E-state index < -0.39 is 0 Å². The van der Waals surface area contributed by atoms with Gasteiger partial charge in [0.1, 0.15) is 5.82 Å². The van der Waals surface area contributed by atoms with Gasteiger partial charge in [0.2, 0.25) is 0 Å². The highest BCUT2D eigenvalue weighted by Crippen LogP contribution is 2.24. The Balaban J connectivity index is 1.97. The van der Waals surface area contributed by atoms with Crippen LogP contribution in [0, 0.1) is 5.82 Å². The molecule has 0 unspecified atom stereocenters. The summed E-state index contributed by atoms with van der Waals surface area (Å²) < 4.78 is 14.9. The summed E-state index contributed by atoms with van der Waals surface area (Å²) in [5.41, 5.74) is 2.10. The van der Waals surface area contributed by atoms with Gasteiger partial charge in [-0.15, -0.1) is 0 Å². The molecule has 1 atom stereocenters. The molecule has 2 heterocycles. The van der Waals surface area contributed by atoms with Gasteiger partial charge in [-0.3, -0.25) is 0 Å². The molecule has 1 fully saturated rings. The minimum Gasteiger partial charge on any atom is -0.309 e. The fourth-order valence-electron chi connectivity index (χ4n) is 2.32. The van der Waals surface area contributed by atoms with E-state index in [1.807, 2.05) is 10.8 Å². The Morgan fingerprint density at radius 2 is 2.12 bits per heavy atom. The van der Waals surface area contributed by atoms with Gasteiger partial charge in [0.05, 0.1) is 18.2 Å². The van der Waals surface area contributed by atoms with E-state index in [-0.39, 0.29) is 5.82 Å². The number of benzene rings is 1. The van der Waals surface area contributed by atoms with Crippen molar-refractivity contribution in [3.05, 3.63) is 48.3 Å². The molecule has 1 aliphatic rings. The first-order chi connectivity index (χ1) is 8.34. The smallest absolute Gasteiger partial charge is 0.123 e. The lowest BCUT2D eigenvalue weighted by atomic mass is 10.1. The van der Waals surface area contributed by atoms with Crippen LogP contribution in [0.2, 0.25) is 0 Å². The first-order valence-electron chi connectivity index (χ1n) is 5.86. The molecule has 0 amide bonds. The van der Waals surface area contributed by atoms with Crippen LogP contribution in [0.25, 0.3) is 5.69 Å². The number of nitrogens with zero attached hydrogens (tertiary/aromatic N) is 2. The Morgan fingerprint density at radius 3 is 2.82 bits per heavy atom. The number of hydrogen-bond donors (Lipinski definition) is 1. The van der Waals surface area contributed by atoms with Gasteiger partial charge in [0.15, 0.2) is 0 Å². The molecule has 88 valence electrons. The Hall–Kier alpha value is -1.68. The maximum Gasteiger partial charge on any atom is 0.123 e. The summed E-state index contributed by atoms with van der Waals surface area (Å²) in [6.45, 7) is 1.05. The van der Waals surface area contributed by atoms with Crippen LogP contribution in [0.4, 0.5) is 4.39 Å². The average Bonchev–Trinajstić information content (AvgIpc) is 3.00. The largest absolute Gasteiger partial charge is 0.309 e. The molecule has 17 heavy (non-hydrogen) atoms. The van der Waals surface area contributed by atoms with Crippen molar-refractivity contribution in [2.75, 3.05) is 6.54 Å². The lowest BCUT2D eigenvalue weighted by Gasteiger charge is -2.13. The van der Waals surface area contributed by atoms with Gasteiger partial charge in [0, 0.05) is 11.7 Å². The lowest BCUT2D eigenvalue weighted by molar-refractivity contribution is 0.612. The van der Waals surface area contributed by atoms with Gasteiger partial charge in [0.25, 0.3) is 0 Å². The van der Waals surface area contributed by atoms with Gasteiger partial charge in [-0.25, -0.2) is 9.37 Å². The molecule has 4 heteroatoms. The molecule has 3 rings (SSSR count). The fraction of sp³-hybridized carbons (Fsp3) is 0.308. The van der Waals surface area contributed by atoms with Crippen molar-refractivity contribution in [3.8, 4) is 5.69 Å². The van der Waals surface area contributed by atoms with Crippen molar-refractivity contribution in [2.24, 2.45) is 0 Å². The third kappa shape index (κ3) is 1.96. The van der Waals surface area contributed by atoms with E-state index in [4.69, 9.17) is 0 Å². The summed E-state index contributed by atoms with van der Waals surface area (Å²) >= 11 is 0. The standard InChI is InChI=1S/C13H14FN3/c14-10-3-5-11(6-4-10)17-9-15-8-13(17)12-2-1-7-16-12/h3-6,8-9,12,16H,1-2,7H2/t12-/m0/s1. The topological polar surface area (TPSA) is 29.9 Å². The summed E-state index contributed by atoms with van der Waals surface area (Å²) in [5, 5.41) is 3.45. The Bertz CT molecular complexity index is 498. The molecule has 0 radical (unpaired) electrons. The quantitative estimate of drug-likeness (QED) is 0.860. The van der Waals surface area contributed by atoms with Gasteiger partial charge in [-0.05, 0) is 43.7 Å². The number of aromatic nitrogens is 2. The molecule has 1 saturated heterocycles. The zero-order valence-electron chi connectivity index (χ0n) is 9.44. The molecular weight excluding hydrogens is 217 g/mol. The molecule has 0 aliphatic carbocycles. The Kier molecular flexibility index (Phi) is 2.65. The number of rotatable bonds is 2. The van der Waals surface area contributed by atoms with Crippen LogP contribution >= 0.6 is 0 Å². The third-order valence-electron chi connectivity index (χ3n) is 3.19. The second-order valence-electron chi connectivity index (χ2n) is 4.31. The van der Waals surface area contributed by atoms with E-state index in [1.54, 1.807) is 18.5 Å². The SMILES string of the molecule is Fc1ccc(-n2cncc2[C@@H]2CCCN2)cc1. The highest BCUT2D eigenvalue weighted by Gasteiger charge is 2.20. The van der Waals surface area contributed by atoms with Crippen LogP contribution in [-0.2, 0) is 0 Å². The molecule has 0 saturated carbocycles. The van der Waals surface area contributed by atoms with E-state index in [0.717, 1.165) is 24.3 Å². The highest BCUT2D eigenvalue weighted by atomic mass is 19.1. The van der Waals surface area contributed by atoms with Crippen molar-refractivity contribution in [1.82, 2.24) is 14.9 Å². The molecule has 1 aromatic carbocycles. The minimum atomic E-state index is -0.214. The average molecular weight is 231 g/mol. The van der Waals surface area contributed by atoms with Gasteiger partial charge in [-0.2, -0.15) is 0 Å². The van der Waals surface area contributed by atoms with Gasteiger partial charge >= 0.3 is 0 Å². The first-order valence-corrected chi connectivity index (χ1v) is 5.86. The van der Waals surface area contributed by atoms with E-state index in [0.29, 0.717) is 6.04 Å². The molecule has 3 nitrogen and oxygen atoms in total. The summed E-state index contributed by atoms with van der Waals surface area (Å²) in [6, 6.07) is 6.86. The molecule has 1 aromatic heterocycles. The molecule has 0 bridgehead atoms. The summed E-state index contributed by atoms with van der Waals surface area (Å²) in [6.07, 6.45) is 5.99. The van der Waals surface area contributed by atoms with E-state index in [9.17, 15) is 4.39 Å². The van der Waals surface area contributed by atoms with Gasteiger partial charge in [-0.1, -0.05) is 0 Å². The van der Waals surface area contributed by atoms with Crippen LogP contribution in [0.5, 0.6) is 0 Å². The normalized spacial score (nSPS) is 19.7. The van der Waals surface area contributed by atoms with Crippen LogP contribution in [0.15, 0.2) is 36.8 Å². The molecular formula is C13H14FN3. The minimum absolute atomic E-state index is 0.214. The second kappa shape index (κ2) is 4.30. The van der Waals surface area contributed by atoms with Crippen molar-refractivity contribution >= 4 is 0 Å². The van der Waals surface area contributed by atoms with Crippen molar-refractivity contribution in [2.45, 2.75) is 18.9 Å². The summed E-state index contributed by atoms with van der Waals surface area (Å²) in [4.78, 5) is 4.19. The lowest BCUT2D eigenvalue weighted by Crippen LogP contribution is -2.16. The van der Waals surface area contributed by atoms with Crippen LogP contribution in [-0.4, -0.2) is 16.1 Å². The number of nitrogens with one attached hydrogen (secondary N) is 1. The van der Waals surface area contributed by atoms with Crippen molar-refractivity contribution < 1.29 is 4.39 Å². The van der Waals surface area contributed by atoms with E-state index in [1.165, 1.54) is 18.6 Å². The zero-order chi connectivity index (χ0) is 11.7. The Labute approximate surface area is 99.3 Å². The predicted octanol–water partition coefficient (Wildman–Crippen LogP) is 2.44. The van der Waals surface area contributed by atoms with Crippen LogP contribution in [0.1, 0.15) is 24.6 Å². The monoisotopic (exact) mass is 231 g/mol. The second-order valence-corrected chi connectivity index (χ2v) is 4.31. The molecule has 1 aliphatic heterocycles. The molecule has 0 spiro atoms. The highest BCUT2D eigenvalue weighted by molar-refractivity contribution is 5.34. The maximum atomic E-state index is 12.9.